The number of aliphatic hydroxyl groups is 2. The maximum Gasteiger partial charge on any atom is 0.430 e. The minimum absolute atomic E-state index is 0.673. The Morgan fingerprint density at radius 3 is 0.821 bits per heavy atom. The van der Waals surface area contributed by atoms with Gasteiger partial charge in [-0.1, -0.05) is 0 Å². The van der Waals surface area contributed by atoms with Crippen LogP contribution in [0.5, 0.6) is 0 Å². The summed E-state index contributed by atoms with van der Waals surface area (Å²) in [5.74, 6) is 0. The summed E-state index contributed by atoms with van der Waals surface area (Å²) in [5, 5.41) is 18.4. The monoisotopic (exact) mass is 440 g/mol. The van der Waals surface area contributed by atoms with Gasteiger partial charge in [-0.25, -0.2) is 0 Å². The molecule has 0 heterocycles. The molecule has 1 aromatic rings. The van der Waals surface area contributed by atoms with Crippen LogP contribution in [0.4, 0.5) is 64.1 Å². The molecule has 0 saturated carbocycles. The highest BCUT2D eigenvalue weighted by molar-refractivity contribution is 5.65. The summed E-state index contributed by atoms with van der Waals surface area (Å²) in [6.07, 6.45) is -26.2. The van der Waals surface area contributed by atoms with E-state index in [4.69, 9.17) is 11.5 Å². The fraction of sp³-hybridized carbons (Fsp3) is 0.500. The maximum atomic E-state index is 12.8. The van der Waals surface area contributed by atoms with Gasteiger partial charge in [0.05, 0.1) is 0 Å². The van der Waals surface area contributed by atoms with E-state index in [1.165, 1.54) is 0 Å². The molecule has 162 valence electrons. The SMILES string of the molecule is Nc1cc(C(O)(C(F)(F)F)C(F)(F)F)c(N)cc1C(O)(C(F)(F)F)C(F)(F)F. The first kappa shape index (κ1) is 23.9. The molecule has 6 N–H and O–H groups in total. The van der Waals surface area contributed by atoms with Gasteiger partial charge in [-0.2, -0.15) is 52.7 Å². The van der Waals surface area contributed by atoms with Crippen LogP contribution in [0, 0.1) is 0 Å². The van der Waals surface area contributed by atoms with Crippen LogP contribution in [-0.4, -0.2) is 34.9 Å². The molecule has 0 fully saturated rings. The average Bonchev–Trinajstić information content (AvgIpc) is 2.42. The molecule has 28 heavy (non-hydrogen) atoms. The van der Waals surface area contributed by atoms with Gasteiger partial charge in [0, 0.05) is 22.5 Å². The van der Waals surface area contributed by atoms with Gasteiger partial charge >= 0.3 is 24.7 Å². The minimum Gasteiger partial charge on any atom is -0.398 e. The third kappa shape index (κ3) is 3.27. The van der Waals surface area contributed by atoms with E-state index in [1.807, 2.05) is 0 Å². The molecule has 0 aliphatic carbocycles. The molecule has 0 aliphatic rings. The minimum atomic E-state index is -6.54. The van der Waals surface area contributed by atoms with Crippen molar-refractivity contribution in [1.82, 2.24) is 0 Å². The number of hydrogen-bond donors (Lipinski definition) is 4. The predicted octanol–water partition coefficient (Wildman–Crippen LogP) is 3.48. The Labute approximate surface area is 146 Å². The van der Waals surface area contributed by atoms with Gasteiger partial charge in [0.2, 0.25) is 0 Å². The Kier molecular flexibility index (Phi) is 5.30. The topological polar surface area (TPSA) is 92.5 Å². The Bertz CT molecular complexity index is 655. The Hall–Kier alpha value is -2.10. The number of alkyl halides is 12. The third-order valence-corrected chi connectivity index (χ3v) is 3.64. The molecule has 0 radical (unpaired) electrons. The molecule has 16 heteroatoms. The van der Waals surface area contributed by atoms with Crippen molar-refractivity contribution in [2.75, 3.05) is 11.5 Å². The molecule has 0 bridgehead atoms. The molecule has 0 amide bonds. The van der Waals surface area contributed by atoms with Gasteiger partial charge in [-0.15, -0.1) is 0 Å². The number of hydrogen-bond acceptors (Lipinski definition) is 4. The summed E-state index contributed by atoms with van der Waals surface area (Å²) in [4.78, 5) is 0. The molecular formula is C12H8F12N2O2. The molecular weight excluding hydrogens is 432 g/mol. The van der Waals surface area contributed by atoms with E-state index in [0.717, 1.165) is 0 Å². The lowest BCUT2D eigenvalue weighted by Gasteiger charge is -2.36. The third-order valence-electron chi connectivity index (χ3n) is 3.64. The van der Waals surface area contributed by atoms with Gasteiger partial charge < -0.3 is 21.7 Å². The first-order valence-corrected chi connectivity index (χ1v) is 6.45. The Balaban J connectivity index is 3.94. The van der Waals surface area contributed by atoms with Crippen molar-refractivity contribution in [3.05, 3.63) is 23.3 Å². The van der Waals surface area contributed by atoms with Crippen molar-refractivity contribution in [1.29, 1.82) is 0 Å². The highest BCUT2D eigenvalue weighted by atomic mass is 19.4. The van der Waals surface area contributed by atoms with E-state index in [9.17, 15) is 62.9 Å². The van der Waals surface area contributed by atoms with Crippen LogP contribution in [0.3, 0.4) is 0 Å². The zero-order valence-electron chi connectivity index (χ0n) is 12.7. The van der Waals surface area contributed by atoms with Crippen molar-refractivity contribution in [2.45, 2.75) is 35.9 Å². The summed E-state index contributed by atoms with van der Waals surface area (Å²) in [5.41, 5.74) is -10.7. The second kappa shape index (κ2) is 6.20. The summed E-state index contributed by atoms with van der Waals surface area (Å²) in [7, 11) is 0. The van der Waals surface area contributed by atoms with Crippen molar-refractivity contribution in [3.63, 3.8) is 0 Å². The van der Waals surface area contributed by atoms with Crippen LogP contribution in [0.2, 0.25) is 0 Å². The number of nitrogen functional groups attached to an aromatic ring is 2. The fourth-order valence-electron chi connectivity index (χ4n) is 2.19. The van der Waals surface area contributed by atoms with Crippen LogP contribution >= 0.6 is 0 Å². The number of nitrogens with two attached hydrogens (primary N) is 2. The molecule has 0 saturated heterocycles. The lowest BCUT2D eigenvalue weighted by molar-refractivity contribution is -0.377. The number of halogens is 12. The van der Waals surface area contributed by atoms with Crippen molar-refractivity contribution >= 4 is 11.4 Å². The normalized spacial score (nSPS) is 15.1. The molecule has 4 nitrogen and oxygen atoms in total. The number of anilines is 2. The smallest absolute Gasteiger partial charge is 0.398 e. The summed E-state index contributed by atoms with van der Waals surface area (Å²) in [6.45, 7) is 0. The van der Waals surface area contributed by atoms with Crippen molar-refractivity contribution in [3.8, 4) is 0 Å². The van der Waals surface area contributed by atoms with Crippen molar-refractivity contribution in [2.24, 2.45) is 0 Å². The highest BCUT2D eigenvalue weighted by Gasteiger charge is 2.74. The molecule has 1 rings (SSSR count). The van der Waals surface area contributed by atoms with E-state index in [1.54, 1.807) is 0 Å². The van der Waals surface area contributed by atoms with Crippen LogP contribution in [0.25, 0.3) is 0 Å². The van der Waals surface area contributed by atoms with Gasteiger partial charge in [0.15, 0.2) is 0 Å². The van der Waals surface area contributed by atoms with Gasteiger partial charge in [-0.05, 0) is 12.1 Å². The van der Waals surface area contributed by atoms with Crippen molar-refractivity contribution < 1.29 is 62.9 Å². The van der Waals surface area contributed by atoms with Crippen LogP contribution in [-0.2, 0) is 11.2 Å². The van der Waals surface area contributed by atoms with Crippen LogP contribution < -0.4 is 11.5 Å². The van der Waals surface area contributed by atoms with Crippen LogP contribution in [0.1, 0.15) is 11.1 Å². The second-order valence-electron chi connectivity index (χ2n) is 5.44. The van der Waals surface area contributed by atoms with Gasteiger partial charge in [0.25, 0.3) is 11.2 Å². The summed E-state index contributed by atoms with van der Waals surface area (Å²) < 4.78 is 154. The number of rotatable bonds is 2. The molecule has 0 aromatic heterocycles. The van der Waals surface area contributed by atoms with Gasteiger partial charge in [0.1, 0.15) is 0 Å². The maximum absolute atomic E-state index is 12.8. The first-order valence-electron chi connectivity index (χ1n) is 6.45. The lowest BCUT2D eigenvalue weighted by atomic mass is 9.84. The van der Waals surface area contributed by atoms with E-state index in [-0.39, 0.29) is 0 Å². The molecule has 0 atom stereocenters. The quantitative estimate of drug-likeness (QED) is 0.419. The lowest BCUT2D eigenvalue weighted by Crippen LogP contribution is -2.55. The summed E-state index contributed by atoms with van der Waals surface area (Å²) in [6, 6.07) is -1.35. The molecule has 0 spiro atoms. The fourth-order valence-corrected chi connectivity index (χ4v) is 2.19. The van der Waals surface area contributed by atoms with E-state index >= 15 is 0 Å². The van der Waals surface area contributed by atoms with E-state index in [2.05, 4.69) is 0 Å². The van der Waals surface area contributed by atoms with Crippen LogP contribution in [0.15, 0.2) is 12.1 Å². The molecule has 0 aliphatic heterocycles. The van der Waals surface area contributed by atoms with E-state index < -0.39 is 70.5 Å². The number of benzene rings is 1. The van der Waals surface area contributed by atoms with E-state index in [0.29, 0.717) is 0 Å². The summed E-state index contributed by atoms with van der Waals surface area (Å²) >= 11 is 0. The molecule has 0 unspecified atom stereocenters. The zero-order chi connectivity index (χ0) is 22.7. The largest absolute Gasteiger partial charge is 0.430 e. The predicted molar refractivity (Wildman–Crippen MR) is 67.3 cm³/mol. The second-order valence-corrected chi connectivity index (χ2v) is 5.44. The molecule has 1 aromatic carbocycles. The standard InChI is InChI=1S/C12H8F12N2O2/c13-9(14,15)7(27,10(16,17)18)3-1-5(25)4(2-6(3)26)8(28,11(19,20)21)12(22,23)24/h1-2,27-28H,25-26H2. The average molecular weight is 440 g/mol. The van der Waals surface area contributed by atoms with Gasteiger partial charge in [-0.3, -0.25) is 0 Å². The first-order chi connectivity index (χ1) is 12.0. The Morgan fingerprint density at radius 1 is 0.500 bits per heavy atom. The highest BCUT2D eigenvalue weighted by Crippen LogP contribution is 2.55. The zero-order valence-corrected chi connectivity index (χ0v) is 12.7. The Morgan fingerprint density at radius 2 is 0.679 bits per heavy atom.